The predicted octanol–water partition coefficient (Wildman–Crippen LogP) is 3.37. The van der Waals surface area contributed by atoms with Crippen molar-refractivity contribution in [1.29, 1.82) is 0 Å². The minimum Gasteiger partial charge on any atom is -0.448 e. The minimum absolute atomic E-state index is 0.0202. The molecule has 0 radical (unpaired) electrons. The zero-order valence-corrected chi connectivity index (χ0v) is 15.0. The van der Waals surface area contributed by atoms with E-state index >= 15 is 0 Å². The third-order valence-corrected chi connectivity index (χ3v) is 5.92. The Morgan fingerprint density at radius 2 is 1.74 bits per heavy atom. The number of ether oxygens (including phenoxy) is 2. The summed E-state index contributed by atoms with van der Waals surface area (Å²) in [4.78, 5) is 26.5. The lowest BCUT2D eigenvalue weighted by Gasteiger charge is -2.34. The van der Waals surface area contributed by atoms with Gasteiger partial charge in [0.1, 0.15) is 19.3 Å². The number of hydrogen-bond donors (Lipinski definition) is 0. The molecule has 5 nitrogen and oxygen atoms in total. The van der Waals surface area contributed by atoms with Gasteiger partial charge in [0.15, 0.2) is 5.78 Å². The molecular weight excluding hydrogens is 342 g/mol. The van der Waals surface area contributed by atoms with Crippen LogP contribution >= 0.6 is 0 Å². The number of ketones is 1. The molecule has 2 aliphatic heterocycles. The van der Waals surface area contributed by atoms with Crippen LogP contribution in [-0.2, 0) is 14.3 Å². The first-order chi connectivity index (χ1) is 13.2. The van der Waals surface area contributed by atoms with E-state index in [-0.39, 0.29) is 31.0 Å². The number of hydrogen-bond acceptors (Lipinski definition) is 4. The van der Waals surface area contributed by atoms with Crippen molar-refractivity contribution >= 4 is 11.9 Å². The Hall–Kier alpha value is -2.66. The van der Waals surface area contributed by atoms with E-state index in [1.54, 1.807) is 4.90 Å². The van der Waals surface area contributed by atoms with E-state index in [1.165, 1.54) is 22.3 Å². The normalized spacial score (nSPS) is 23.7. The first-order valence-corrected chi connectivity index (χ1v) is 9.50. The number of likely N-dealkylation sites (tertiary alicyclic amines) is 1. The molecule has 0 saturated carbocycles. The second-order valence-corrected chi connectivity index (χ2v) is 7.40. The summed E-state index contributed by atoms with van der Waals surface area (Å²) in [5.74, 6) is 0.00525. The fourth-order valence-corrected chi connectivity index (χ4v) is 4.67. The molecule has 1 amide bonds. The fraction of sp³-hybridized carbons (Fsp3) is 0.364. The zero-order chi connectivity index (χ0) is 18.4. The number of amides is 1. The molecule has 27 heavy (non-hydrogen) atoms. The van der Waals surface area contributed by atoms with Crippen molar-refractivity contribution in [1.82, 2.24) is 4.90 Å². The quantitative estimate of drug-likeness (QED) is 0.821. The maximum absolute atomic E-state index is 12.8. The summed E-state index contributed by atoms with van der Waals surface area (Å²) in [6, 6.07) is 16.0. The van der Waals surface area contributed by atoms with Crippen LogP contribution in [0.4, 0.5) is 4.79 Å². The third-order valence-electron chi connectivity index (χ3n) is 5.92. The smallest absolute Gasteiger partial charge is 0.410 e. The Morgan fingerprint density at radius 3 is 2.44 bits per heavy atom. The summed E-state index contributed by atoms with van der Waals surface area (Å²) in [5.41, 5.74) is 4.77. The van der Waals surface area contributed by atoms with Crippen LogP contribution in [0.3, 0.4) is 0 Å². The molecule has 0 bridgehead atoms. The first kappa shape index (κ1) is 16.5. The van der Waals surface area contributed by atoms with Gasteiger partial charge in [-0.25, -0.2) is 4.79 Å². The molecule has 138 valence electrons. The van der Waals surface area contributed by atoms with Gasteiger partial charge in [-0.2, -0.15) is 0 Å². The summed E-state index contributed by atoms with van der Waals surface area (Å²) in [6.45, 7) is 0.922. The molecule has 2 aromatic rings. The van der Waals surface area contributed by atoms with Gasteiger partial charge in [-0.1, -0.05) is 48.5 Å². The third kappa shape index (κ3) is 2.65. The SMILES string of the molecule is O=C1CO[C@@H]2CCCN(C(=O)OCC3c4ccccc4-c4ccccc43)[C@H]12. The molecule has 0 unspecified atom stereocenters. The highest BCUT2D eigenvalue weighted by Gasteiger charge is 2.45. The molecule has 0 N–H and O–H groups in total. The van der Waals surface area contributed by atoms with Crippen molar-refractivity contribution in [2.45, 2.75) is 30.9 Å². The average molecular weight is 363 g/mol. The van der Waals surface area contributed by atoms with Gasteiger partial charge in [-0.05, 0) is 35.1 Å². The van der Waals surface area contributed by atoms with Crippen molar-refractivity contribution in [3.05, 3.63) is 59.7 Å². The highest BCUT2D eigenvalue weighted by Crippen LogP contribution is 2.44. The molecule has 2 saturated heterocycles. The van der Waals surface area contributed by atoms with E-state index < -0.39 is 12.1 Å². The number of nitrogens with zero attached hydrogens (tertiary/aromatic N) is 1. The lowest BCUT2D eigenvalue weighted by molar-refractivity contribution is -0.121. The van der Waals surface area contributed by atoms with Crippen LogP contribution in [0.1, 0.15) is 29.9 Å². The van der Waals surface area contributed by atoms with Gasteiger partial charge >= 0.3 is 6.09 Å². The average Bonchev–Trinajstić information content (AvgIpc) is 3.25. The molecule has 1 aliphatic carbocycles. The molecule has 0 aromatic heterocycles. The largest absolute Gasteiger partial charge is 0.448 e. The highest BCUT2D eigenvalue weighted by molar-refractivity contribution is 5.90. The summed E-state index contributed by atoms with van der Waals surface area (Å²) >= 11 is 0. The number of carbonyl (C=O) groups excluding carboxylic acids is 2. The number of Topliss-reactive ketones (excluding diaryl/α,β-unsaturated/α-hetero) is 1. The lowest BCUT2D eigenvalue weighted by atomic mass is 9.98. The van der Waals surface area contributed by atoms with E-state index in [2.05, 4.69) is 24.3 Å². The summed E-state index contributed by atoms with van der Waals surface area (Å²) in [5, 5.41) is 0. The molecule has 0 spiro atoms. The molecule has 2 aromatic carbocycles. The van der Waals surface area contributed by atoms with Crippen molar-refractivity contribution in [2.75, 3.05) is 19.8 Å². The van der Waals surface area contributed by atoms with Gasteiger partial charge in [-0.15, -0.1) is 0 Å². The van der Waals surface area contributed by atoms with Crippen LogP contribution in [0, 0.1) is 0 Å². The number of piperidine rings is 1. The van der Waals surface area contributed by atoms with Crippen molar-refractivity contribution in [3.63, 3.8) is 0 Å². The monoisotopic (exact) mass is 363 g/mol. The Kier molecular flexibility index (Phi) is 3.97. The van der Waals surface area contributed by atoms with Gasteiger partial charge in [-0.3, -0.25) is 9.69 Å². The summed E-state index contributed by atoms with van der Waals surface area (Å²) < 4.78 is 11.2. The second-order valence-electron chi connectivity index (χ2n) is 7.40. The van der Waals surface area contributed by atoms with Crippen molar-refractivity contribution < 1.29 is 19.1 Å². The topological polar surface area (TPSA) is 55.8 Å². The standard InChI is InChI=1S/C22H21NO4/c24-19-13-26-20-10-5-11-23(21(19)20)22(25)27-12-18-16-8-3-1-6-14(16)15-7-2-4-9-17(15)18/h1-4,6-9,18,20-21H,5,10-13H2/t20-,21-/m1/s1. The van der Waals surface area contributed by atoms with Gasteiger partial charge < -0.3 is 9.47 Å². The molecule has 3 aliphatic rings. The second kappa shape index (κ2) is 6.50. The van der Waals surface area contributed by atoms with Crippen molar-refractivity contribution in [2.24, 2.45) is 0 Å². The number of benzene rings is 2. The number of carbonyl (C=O) groups is 2. The van der Waals surface area contributed by atoms with Gasteiger partial charge in [0, 0.05) is 12.5 Å². The summed E-state index contributed by atoms with van der Waals surface area (Å²) in [7, 11) is 0. The van der Waals surface area contributed by atoms with Crippen LogP contribution in [0.5, 0.6) is 0 Å². The van der Waals surface area contributed by atoms with Crippen LogP contribution in [-0.4, -0.2) is 48.7 Å². The molecule has 2 heterocycles. The van der Waals surface area contributed by atoms with Gasteiger partial charge in [0.05, 0.1) is 6.10 Å². The summed E-state index contributed by atoms with van der Waals surface area (Å²) in [6.07, 6.45) is 1.07. The van der Waals surface area contributed by atoms with Gasteiger partial charge in [0.2, 0.25) is 0 Å². The van der Waals surface area contributed by atoms with E-state index in [0.29, 0.717) is 6.54 Å². The zero-order valence-electron chi connectivity index (χ0n) is 15.0. The maximum Gasteiger partial charge on any atom is 0.410 e. The molecule has 5 rings (SSSR count). The fourth-order valence-electron chi connectivity index (χ4n) is 4.67. The lowest BCUT2D eigenvalue weighted by Crippen LogP contribution is -2.52. The highest BCUT2D eigenvalue weighted by atomic mass is 16.6. The van der Waals surface area contributed by atoms with Crippen LogP contribution in [0.15, 0.2) is 48.5 Å². The van der Waals surface area contributed by atoms with E-state index in [9.17, 15) is 9.59 Å². The molecule has 2 atom stereocenters. The van der Waals surface area contributed by atoms with Gasteiger partial charge in [0.25, 0.3) is 0 Å². The number of fused-ring (bicyclic) bond motifs is 4. The Morgan fingerprint density at radius 1 is 1.07 bits per heavy atom. The van der Waals surface area contributed by atoms with Crippen LogP contribution < -0.4 is 0 Å². The minimum atomic E-state index is -0.477. The number of rotatable bonds is 2. The maximum atomic E-state index is 12.8. The Balaban J connectivity index is 1.36. The first-order valence-electron chi connectivity index (χ1n) is 9.50. The van der Waals surface area contributed by atoms with E-state index in [4.69, 9.17) is 9.47 Å². The predicted molar refractivity (Wildman–Crippen MR) is 99.5 cm³/mol. The Labute approximate surface area is 157 Å². The molecular formula is C22H21NO4. The molecule has 5 heteroatoms. The van der Waals surface area contributed by atoms with Crippen LogP contribution in [0.25, 0.3) is 11.1 Å². The molecule has 2 fully saturated rings. The van der Waals surface area contributed by atoms with Crippen LogP contribution in [0.2, 0.25) is 0 Å². The van der Waals surface area contributed by atoms with E-state index in [0.717, 1.165) is 12.8 Å². The van der Waals surface area contributed by atoms with Crippen molar-refractivity contribution in [3.8, 4) is 11.1 Å². The van der Waals surface area contributed by atoms with E-state index in [1.807, 2.05) is 24.3 Å². The Bertz CT molecular complexity index is 863.